The van der Waals surface area contributed by atoms with Crippen molar-refractivity contribution < 1.29 is 4.74 Å². The highest BCUT2D eigenvalue weighted by atomic mass is 32.1. The molecule has 1 heterocycles. The van der Waals surface area contributed by atoms with Crippen molar-refractivity contribution in [3.05, 3.63) is 34.7 Å². The average Bonchev–Trinajstić information content (AvgIpc) is 2.73. The molecule has 0 aliphatic heterocycles. The van der Waals surface area contributed by atoms with Crippen LogP contribution in [0.2, 0.25) is 0 Å². The van der Waals surface area contributed by atoms with Crippen molar-refractivity contribution in [1.29, 1.82) is 0 Å². The second-order valence-electron chi connectivity index (χ2n) is 4.61. The molecule has 0 bridgehead atoms. The van der Waals surface area contributed by atoms with Crippen LogP contribution in [0.3, 0.4) is 0 Å². The van der Waals surface area contributed by atoms with Gasteiger partial charge in [0.05, 0.1) is 0 Å². The first-order valence-electron chi connectivity index (χ1n) is 6.44. The number of thiophene rings is 1. The molecule has 0 radical (unpaired) electrons. The van der Waals surface area contributed by atoms with E-state index < -0.39 is 0 Å². The number of ether oxygens (including phenoxy) is 1. The lowest BCUT2D eigenvalue weighted by atomic mass is 10.1. The van der Waals surface area contributed by atoms with Crippen LogP contribution < -0.4 is 5.32 Å². The third-order valence-electron chi connectivity index (χ3n) is 3.25. The van der Waals surface area contributed by atoms with Crippen LogP contribution in [-0.4, -0.2) is 20.3 Å². The molecule has 1 aromatic carbocycles. The second kappa shape index (κ2) is 6.32. The van der Waals surface area contributed by atoms with E-state index in [4.69, 9.17) is 4.74 Å². The van der Waals surface area contributed by atoms with Gasteiger partial charge in [0.15, 0.2) is 0 Å². The molecule has 3 heteroatoms. The van der Waals surface area contributed by atoms with E-state index >= 15 is 0 Å². The van der Waals surface area contributed by atoms with Crippen molar-refractivity contribution in [2.24, 2.45) is 0 Å². The van der Waals surface area contributed by atoms with Gasteiger partial charge in [-0.1, -0.05) is 18.2 Å². The first-order chi connectivity index (χ1) is 8.74. The molecular formula is C15H21NOS. The summed E-state index contributed by atoms with van der Waals surface area (Å²) < 4.78 is 6.45. The number of hydrogen-bond donors (Lipinski definition) is 1. The molecule has 1 aromatic heterocycles. The predicted molar refractivity (Wildman–Crippen MR) is 79.5 cm³/mol. The zero-order valence-corrected chi connectivity index (χ0v) is 12.1. The van der Waals surface area contributed by atoms with E-state index in [1.807, 2.05) is 11.3 Å². The fraction of sp³-hybridized carbons (Fsp3) is 0.467. The molecule has 0 aliphatic carbocycles. The number of methoxy groups -OCH3 is 1. The van der Waals surface area contributed by atoms with Crippen molar-refractivity contribution in [2.75, 3.05) is 20.3 Å². The fourth-order valence-electron chi connectivity index (χ4n) is 2.23. The Morgan fingerprint density at radius 3 is 2.83 bits per heavy atom. The summed E-state index contributed by atoms with van der Waals surface area (Å²) in [6, 6.07) is 9.05. The van der Waals surface area contributed by atoms with Gasteiger partial charge in [0, 0.05) is 29.3 Å². The molecule has 2 rings (SSSR count). The Labute approximate surface area is 113 Å². The van der Waals surface area contributed by atoms with Gasteiger partial charge in [-0.05, 0) is 43.8 Å². The molecule has 98 valence electrons. The minimum absolute atomic E-state index is 0.416. The number of benzene rings is 1. The zero-order chi connectivity index (χ0) is 13.0. The largest absolute Gasteiger partial charge is 0.385 e. The topological polar surface area (TPSA) is 21.3 Å². The summed E-state index contributed by atoms with van der Waals surface area (Å²) in [5, 5.41) is 4.96. The molecule has 0 spiro atoms. The van der Waals surface area contributed by atoms with Crippen LogP contribution >= 0.6 is 11.3 Å². The minimum Gasteiger partial charge on any atom is -0.385 e. The van der Waals surface area contributed by atoms with E-state index in [-0.39, 0.29) is 0 Å². The van der Waals surface area contributed by atoms with Crippen molar-refractivity contribution in [3.63, 3.8) is 0 Å². The predicted octanol–water partition coefficient (Wildman–Crippen LogP) is 3.90. The van der Waals surface area contributed by atoms with Crippen LogP contribution in [0, 0.1) is 6.92 Å². The van der Waals surface area contributed by atoms with Crippen molar-refractivity contribution in [1.82, 2.24) is 5.32 Å². The number of aryl methyl sites for hydroxylation is 1. The highest BCUT2D eigenvalue weighted by Gasteiger charge is 2.13. The second-order valence-corrected chi connectivity index (χ2v) is 5.69. The maximum absolute atomic E-state index is 5.06. The average molecular weight is 263 g/mol. The van der Waals surface area contributed by atoms with Gasteiger partial charge in [0.1, 0.15) is 0 Å². The number of nitrogens with one attached hydrogen (secondary N) is 1. The Hall–Kier alpha value is -0.900. The van der Waals surface area contributed by atoms with Crippen LogP contribution in [0.25, 0.3) is 10.1 Å². The Bertz CT molecular complexity index is 506. The van der Waals surface area contributed by atoms with Crippen molar-refractivity contribution in [3.8, 4) is 0 Å². The van der Waals surface area contributed by atoms with Crippen LogP contribution in [0.1, 0.15) is 29.8 Å². The molecule has 1 unspecified atom stereocenters. The lowest BCUT2D eigenvalue weighted by molar-refractivity contribution is 0.193. The Morgan fingerprint density at radius 2 is 2.11 bits per heavy atom. The highest BCUT2D eigenvalue weighted by Crippen LogP contribution is 2.34. The van der Waals surface area contributed by atoms with E-state index in [1.54, 1.807) is 7.11 Å². The molecule has 0 fully saturated rings. The molecule has 0 saturated heterocycles. The van der Waals surface area contributed by atoms with Gasteiger partial charge in [-0.3, -0.25) is 0 Å². The molecule has 1 N–H and O–H groups in total. The fourth-order valence-corrected chi connectivity index (χ4v) is 3.47. The van der Waals surface area contributed by atoms with E-state index in [0.29, 0.717) is 6.04 Å². The van der Waals surface area contributed by atoms with Gasteiger partial charge in [-0.25, -0.2) is 0 Å². The summed E-state index contributed by atoms with van der Waals surface area (Å²) >= 11 is 1.90. The van der Waals surface area contributed by atoms with Gasteiger partial charge < -0.3 is 10.1 Å². The maximum Gasteiger partial charge on any atom is 0.0474 e. The third kappa shape index (κ3) is 2.91. The van der Waals surface area contributed by atoms with Gasteiger partial charge in [-0.2, -0.15) is 0 Å². The highest BCUT2D eigenvalue weighted by molar-refractivity contribution is 7.19. The van der Waals surface area contributed by atoms with Gasteiger partial charge in [-0.15, -0.1) is 11.3 Å². The summed E-state index contributed by atoms with van der Waals surface area (Å²) in [5.74, 6) is 0. The molecule has 2 nitrogen and oxygen atoms in total. The van der Waals surface area contributed by atoms with Gasteiger partial charge in [0.2, 0.25) is 0 Å². The SMILES string of the molecule is COCCCNC(C)c1sc2ccccc2c1C. The molecule has 18 heavy (non-hydrogen) atoms. The standard InChI is InChI=1S/C15H21NOS/c1-11-13-7-4-5-8-14(13)18-15(11)12(2)16-9-6-10-17-3/h4-5,7-8,12,16H,6,9-10H2,1-3H3. The first kappa shape index (κ1) is 13.5. The molecule has 1 atom stereocenters. The first-order valence-corrected chi connectivity index (χ1v) is 7.26. The van der Waals surface area contributed by atoms with Crippen LogP contribution in [0.5, 0.6) is 0 Å². The van der Waals surface area contributed by atoms with Crippen molar-refractivity contribution in [2.45, 2.75) is 26.3 Å². The molecule has 0 saturated carbocycles. The third-order valence-corrected chi connectivity index (χ3v) is 4.71. The smallest absolute Gasteiger partial charge is 0.0474 e. The minimum atomic E-state index is 0.416. The number of hydrogen-bond acceptors (Lipinski definition) is 3. The summed E-state index contributed by atoms with van der Waals surface area (Å²) in [4.78, 5) is 1.45. The molecule has 0 amide bonds. The molecule has 2 aromatic rings. The summed E-state index contributed by atoms with van der Waals surface area (Å²) in [7, 11) is 1.75. The monoisotopic (exact) mass is 263 g/mol. The normalized spacial score (nSPS) is 13.1. The molecular weight excluding hydrogens is 242 g/mol. The maximum atomic E-state index is 5.06. The quantitative estimate of drug-likeness (QED) is 0.798. The molecule has 0 aliphatic rings. The Kier molecular flexibility index (Phi) is 4.75. The van der Waals surface area contributed by atoms with Gasteiger partial charge in [0.25, 0.3) is 0 Å². The lowest BCUT2D eigenvalue weighted by Gasteiger charge is -2.13. The van der Waals surface area contributed by atoms with E-state index in [0.717, 1.165) is 19.6 Å². The summed E-state index contributed by atoms with van der Waals surface area (Å²) in [6.07, 6.45) is 1.06. The Morgan fingerprint density at radius 1 is 1.33 bits per heavy atom. The van der Waals surface area contributed by atoms with Gasteiger partial charge >= 0.3 is 0 Å². The summed E-state index contributed by atoms with van der Waals surface area (Å²) in [6.45, 7) is 6.29. The lowest BCUT2D eigenvalue weighted by Crippen LogP contribution is -2.20. The van der Waals surface area contributed by atoms with Crippen LogP contribution in [-0.2, 0) is 4.74 Å². The van der Waals surface area contributed by atoms with E-state index in [1.165, 1.54) is 20.5 Å². The van der Waals surface area contributed by atoms with E-state index in [2.05, 4.69) is 43.4 Å². The van der Waals surface area contributed by atoms with Crippen LogP contribution in [0.4, 0.5) is 0 Å². The number of rotatable bonds is 6. The van der Waals surface area contributed by atoms with Crippen molar-refractivity contribution >= 4 is 21.4 Å². The van der Waals surface area contributed by atoms with Crippen LogP contribution in [0.15, 0.2) is 24.3 Å². The number of fused-ring (bicyclic) bond motifs is 1. The Balaban J connectivity index is 2.08. The summed E-state index contributed by atoms with van der Waals surface area (Å²) in [5.41, 5.74) is 1.42. The zero-order valence-electron chi connectivity index (χ0n) is 11.3. The van der Waals surface area contributed by atoms with E-state index in [9.17, 15) is 0 Å².